The van der Waals surface area contributed by atoms with E-state index in [1.54, 1.807) is 0 Å². The number of nitrogens with two attached hydrogens (primary N) is 1. The van der Waals surface area contributed by atoms with Gasteiger partial charge in [0.25, 0.3) is 0 Å². The predicted octanol–water partition coefficient (Wildman–Crippen LogP) is 3.04. The summed E-state index contributed by atoms with van der Waals surface area (Å²) in [5, 5.41) is 3.73. The van der Waals surface area contributed by atoms with Crippen LogP contribution >= 0.6 is 11.8 Å². The Morgan fingerprint density at radius 1 is 1.28 bits per heavy atom. The quantitative estimate of drug-likeness (QED) is 0.720. The van der Waals surface area contributed by atoms with Crippen molar-refractivity contribution in [2.75, 3.05) is 16.8 Å². The summed E-state index contributed by atoms with van der Waals surface area (Å²) in [6, 6.07) is 7.73. The van der Waals surface area contributed by atoms with E-state index in [-0.39, 0.29) is 29.9 Å². The predicted molar refractivity (Wildman–Crippen MR) is 114 cm³/mol. The molecule has 1 aromatic carbocycles. The van der Waals surface area contributed by atoms with Crippen LogP contribution in [0.1, 0.15) is 32.2 Å². The van der Waals surface area contributed by atoms with Crippen molar-refractivity contribution < 1.29 is 9.59 Å². The van der Waals surface area contributed by atoms with E-state index in [1.807, 2.05) is 52.0 Å². The van der Waals surface area contributed by atoms with Crippen LogP contribution in [-0.2, 0) is 16.1 Å². The average molecular weight is 413 g/mol. The maximum Gasteiger partial charge on any atom is 0.238 e. The number of ketones is 1. The molecule has 0 aliphatic carbocycles. The average Bonchev–Trinajstić information content (AvgIpc) is 2.96. The molecule has 0 unspecified atom stereocenters. The summed E-state index contributed by atoms with van der Waals surface area (Å²) in [7, 11) is 0. The van der Waals surface area contributed by atoms with Crippen molar-refractivity contribution in [3.63, 3.8) is 0 Å². The zero-order valence-electron chi connectivity index (χ0n) is 16.9. The zero-order valence-corrected chi connectivity index (χ0v) is 17.7. The van der Waals surface area contributed by atoms with Crippen molar-refractivity contribution in [2.24, 2.45) is 5.41 Å². The molecule has 1 amide bonds. The number of anilines is 3. The molecule has 1 fully saturated rings. The van der Waals surface area contributed by atoms with Crippen molar-refractivity contribution >= 4 is 41.0 Å². The second kappa shape index (κ2) is 8.20. The van der Waals surface area contributed by atoms with Crippen molar-refractivity contribution in [1.82, 2.24) is 19.9 Å². The highest BCUT2D eigenvalue weighted by Crippen LogP contribution is 2.31. The van der Waals surface area contributed by atoms with Crippen LogP contribution in [0, 0.1) is 12.3 Å². The highest BCUT2D eigenvalue weighted by Gasteiger charge is 2.30. The minimum Gasteiger partial charge on any atom is -0.368 e. The molecule has 1 saturated heterocycles. The Labute approximate surface area is 174 Å². The van der Waals surface area contributed by atoms with Gasteiger partial charge in [-0.2, -0.15) is 15.0 Å². The fourth-order valence-corrected chi connectivity index (χ4v) is 3.51. The summed E-state index contributed by atoms with van der Waals surface area (Å²) in [4.78, 5) is 38.9. The first-order chi connectivity index (χ1) is 13.6. The number of thioether (sulfide) groups is 1. The maximum atomic E-state index is 12.4. The molecule has 2 aromatic rings. The SMILES string of the molecule is Cc1ccccc1Nc1nc(N)nc(CN2C(=O)CSC2=CC(=O)C(C)(C)C)n1. The second-order valence-electron chi connectivity index (χ2n) is 7.74. The molecule has 9 heteroatoms. The van der Waals surface area contributed by atoms with Crippen LogP contribution in [0.15, 0.2) is 35.4 Å². The van der Waals surface area contributed by atoms with Gasteiger partial charge in [0.2, 0.25) is 17.8 Å². The lowest BCUT2D eigenvalue weighted by molar-refractivity contribution is -0.126. The minimum absolute atomic E-state index is 0.0447. The number of hydrogen-bond donors (Lipinski definition) is 2. The van der Waals surface area contributed by atoms with Crippen molar-refractivity contribution in [1.29, 1.82) is 0 Å². The van der Waals surface area contributed by atoms with Gasteiger partial charge < -0.3 is 11.1 Å². The molecule has 0 saturated carbocycles. The molecular formula is C20H24N6O2S. The van der Waals surface area contributed by atoms with E-state index < -0.39 is 5.41 Å². The highest BCUT2D eigenvalue weighted by molar-refractivity contribution is 8.04. The zero-order chi connectivity index (χ0) is 21.2. The third kappa shape index (κ3) is 5.11. The van der Waals surface area contributed by atoms with Crippen LogP contribution in [0.2, 0.25) is 0 Å². The number of benzene rings is 1. The number of aromatic nitrogens is 3. The van der Waals surface area contributed by atoms with E-state index in [2.05, 4.69) is 20.3 Å². The number of nitrogen functional groups attached to an aromatic ring is 1. The molecule has 3 N–H and O–H groups in total. The molecule has 1 aliphatic rings. The molecule has 29 heavy (non-hydrogen) atoms. The van der Waals surface area contributed by atoms with Gasteiger partial charge in [-0.05, 0) is 18.6 Å². The van der Waals surface area contributed by atoms with Crippen molar-refractivity contribution in [2.45, 2.75) is 34.2 Å². The molecule has 0 radical (unpaired) electrons. The minimum atomic E-state index is -0.521. The van der Waals surface area contributed by atoms with Gasteiger partial charge in [-0.25, -0.2) is 0 Å². The number of nitrogens with zero attached hydrogens (tertiary/aromatic N) is 4. The fourth-order valence-electron chi connectivity index (χ4n) is 2.57. The van der Waals surface area contributed by atoms with Crippen LogP contribution in [0.4, 0.5) is 17.6 Å². The Morgan fingerprint density at radius 2 is 2.00 bits per heavy atom. The standard InChI is InChI=1S/C20H24N6O2S/c1-12-7-5-6-8-13(12)22-19-24-15(23-18(21)25-19)10-26-16(28)11-29-17(26)9-14(27)20(2,3)4/h5-9H,10-11H2,1-4H3,(H3,21,22,23,24,25). The molecule has 2 heterocycles. The lowest BCUT2D eigenvalue weighted by Crippen LogP contribution is -2.27. The van der Waals surface area contributed by atoms with Gasteiger partial charge in [-0.15, -0.1) is 0 Å². The molecule has 1 aromatic heterocycles. The summed E-state index contributed by atoms with van der Waals surface area (Å²) in [6.07, 6.45) is 1.52. The lowest BCUT2D eigenvalue weighted by Gasteiger charge is -2.19. The number of carbonyl (C=O) groups is 2. The number of aryl methyl sites for hydroxylation is 1. The number of hydrogen-bond acceptors (Lipinski definition) is 8. The van der Waals surface area contributed by atoms with E-state index in [1.165, 1.54) is 22.7 Å². The van der Waals surface area contributed by atoms with Gasteiger partial charge in [0.15, 0.2) is 11.6 Å². The first-order valence-electron chi connectivity index (χ1n) is 9.16. The molecule has 152 valence electrons. The summed E-state index contributed by atoms with van der Waals surface area (Å²) < 4.78 is 0. The fraction of sp³-hybridized carbons (Fsp3) is 0.350. The largest absolute Gasteiger partial charge is 0.368 e. The molecule has 0 spiro atoms. The van der Waals surface area contributed by atoms with Gasteiger partial charge in [0, 0.05) is 17.2 Å². The number of carbonyl (C=O) groups excluding carboxylic acids is 2. The van der Waals surface area contributed by atoms with Gasteiger partial charge >= 0.3 is 0 Å². The third-order valence-corrected chi connectivity index (χ3v) is 5.32. The molecule has 0 bridgehead atoms. The number of amides is 1. The molecule has 0 atom stereocenters. The van der Waals surface area contributed by atoms with Gasteiger partial charge in [0.05, 0.1) is 17.3 Å². The smallest absolute Gasteiger partial charge is 0.238 e. The van der Waals surface area contributed by atoms with Crippen LogP contribution in [-0.4, -0.2) is 37.3 Å². The number of rotatable bonds is 5. The highest BCUT2D eigenvalue weighted by atomic mass is 32.2. The monoisotopic (exact) mass is 412 g/mol. The van der Waals surface area contributed by atoms with Gasteiger partial charge in [-0.3, -0.25) is 14.5 Å². The topological polar surface area (TPSA) is 114 Å². The first kappa shape index (κ1) is 20.8. The lowest BCUT2D eigenvalue weighted by atomic mass is 9.91. The van der Waals surface area contributed by atoms with Crippen LogP contribution in [0.3, 0.4) is 0 Å². The van der Waals surface area contributed by atoms with Crippen molar-refractivity contribution in [3.05, 3.63) is 46.8 Å². The Kier molecular flexibility index (Phi) is 5.88. The van der Waals surface area contributed by atoms with Crippen LogP contribution < -0.4 is 11.1 Å². The number of allylic oxidation sites excluding steroid dienone is 1. The molecular weight excluding hydrogens is 388 g/mol. The normalized spacial score (nSPS) is 15.8. The van der Waals surface area contributed by atoms with E-state index in [0.717, 1.165) is 11.3 Å². The van der Waals surface area contributed by atoms with E-state index in [9.17, 15) is 9.59 Å². The maximum absolute atomic E-state index is 12.4. The summed E-state index contributed by atoms with van der Waals surface area (Å²) >= 11 is 1.33. The van der Waals surface area contributed by atoms with Gasteiger partial charge in [-0.1, -0.05) is 50.7 Å². The number of nitrogens with one attached hydrogen (secondary N) is 1. The second-order valence-corrected chi connectivity index (χ2v) is 8.73. The molecule has 8 nitrogen and oxygen atoms in total. The van der Waals surface area contributed by atoms with E-state index >= 15 is 0 Å². The summed E-state index contributed by atoms with van der Waals surface area (Å²) in [5.74, 6) is 0.836. The van der Waals surface area contributed by atoms with Crippen molar-refractivity contribution in [3.8, 4) is 0 Å². The molecule has 1 aliphatic heterocycles. The van der Waals surface area contributed by atoms with E-state index in [4.69, 9.17) is 5.73 Å². The van der Waals surface area contributed by atoms with Gasteiger partial charge in [0.1, 0.15) is 0 Å². The van der Waals surface area contributed by atoms with Crippen LogP contribution in [0.25, 0.3) is 0 Å². The number of para-hydroxylation sites is 1. The van der Waals surface area contributed by atoms with E-state index in [0.29, 0.717) is 16.8 Å². The summed E-state index contributed by atoms with van der Waals surface area (Å²) in [6.45, 7) is 7.61. The molecule has 3 rings (SSSR count). The first-order valence-corrected chi connectivity index (χ1v) is 10.1. The van der Waals surface area contributed by atoms with Crippen LogP contribution in [0.5, 0.6) is 0 Å². The Hall–Kier alpha value is -2.94. The Balaban J connectivity index is 1.84. The Bertz CT molecular complexity index is 983. The third-order valence-electron chi connectivity index (χ3n) is 4.29. The summed E-state index contributed by atoms with van der Waals surface area (Å²) in [5.41, 5.74) is 7.22. The Morgan fingerprint density at radius 3 is 2.69 bits per heavy atom.